The van der Waals surface area contributed by atoms with E-state index in [1.54, 1.807) is 23.6 Å². The molecule has 1 aliphatic heterocycles. The number of nitrogens with zero attached hydrogens (tertiary/aromatic N) is 3. The zero-order valence-electron chi connectivity index (χ0n) is 15.7. The molecule has 5 rings (SSSR count). The van der Waals surface area contributed by atoms with Crippen LogP contribution in [0.2, 0.25) is 0 Å². The lowest BCUT2D eigenvalue weighted by atomic mass is 10.0. The fourth-order valence-electron chi connectivity index (χ4n) is 3.45. The molecule has 0 saturated carbocycles. The van der Waals surface area contributed by atoms with Gasteiger partial charge >= 0.3 is 0 Å². The third-order valence-electron chi connectivity index (χ3n) is 5.02. The van der Waals surface area contributed by atoms with Gasteiger partial charge in [0.2, 0.25) is 5.82 Å². The Bertz CT molecular complexity index is 1330. The average molecular weight is 442 g/mol. The molecular formula is C21H16FN3O3S2. The molecule has 0 bridgehead atoms. The summed E-state index contributed by atoms with van der Waals surface area (Å²) in [5.41, 5.74) is 3.22. The van der Waals surface area contributed by atoms with E-state index in [0.717, 1.165) is 16.9 Å². The van der Waals surface area contributed by atoms with E-state index in [1.807, 2.05) is 24.3 Å². The number of benzene rings is 2. The first-order chi connectivity index (χ1) is 14.5. The van der Waals surface area contributed by atoms with Crippen LogP contribution in [0.5, 0.6) is 0 Å². The van der Waals surface area contributed by atoms with E-state index < -0.39 is 15.8 Å². The van der Waals surface area contributed by atoms with E-state index in [-0.39, 0.29) is 15.9 Å². The van der Waals surface area contributed by atoms with Gasteiger partial charge in [-0.15, -0.1) is 11.3 Å². The van der Waals surface area contributed by atoms with Crippen molar-refractivity contribution in [3.8, 4) is 22.8 Å². The molecule has 2 aromatic heterocycles. The number of rotatable bonds is 4. The van der Waals surface area contributed by atoms with Crippen LogP contribution in [0.25, 0.3) is 22.8 Å². The number of aromatic nitrogens is 2. The average Bonchev–Trinajstić information content (AvgIpc) is 3.43. The second kappa shape index (κ2) is 7.42. The van der Waals surface area contributed by atoms with E-state index in [2.05, 4.69) is 10.1 Å². The first-order valence-electron chi connectivity index (χ1n) is 9.26. The largest absolute Gasteiger partial charge is 0.334 e. The Balaban J connectivity index is 1.41. The van der Waals surface area contributed by atoms with Gasteiger partial charge in [-0.3, -0.25) is 0 Å². The van der Waals surface area contributed by atoms with Gasteiger partial charge in [-0.1, -0.05) is 41.6 Å². The molecule has 6 nitrogen and oxygen atoms in total. The minimum absolute atomic E-state index is 0.191. The highest BCUT2D eigenvalue weighted by atomic mass is 32.2. The van der Waals surface area contributed by atoms with Crippen molar-refractivity contribution in [1.82, 2.24) is 14.4 Å². The summed E-state index contributed by atoms with van der Waals surface area (Å²) in [6, 6.07) is 15.3. The van der Waals surface area contributed by atoms with Crippen molar-refractivity contribution in [2.45, 2.75) is 17.2 Å². The molecule has 1 aliphatic rings. The van der Waals surface area contributed by atoms with Gasteiger partial charge in [0.15, 0.2) is 0 Å². The molecule has 0 aliphatic carbocycles. The highest BCUT2D eigenvalue weighted by Gasteiger charge is 2.30. The van der Waals surface area contributed by atoms with Gasteiger partial charge in [-0.05, 0) is 35.7 Å². The molecule has 4 aromatic rings. The molecule has 0 spiro atoms. The Morgan fingerprint density at radius 1 is 1.03 bits per heavy atom. The van der Waals surface area contributed by atoms with E-state index in [0.29, 0.717) is 30.6 Å². The zero-order valence-corrected chi connectivity index (χ0v) is 17.3. The van der Waals surface area contributed by atoms with Crippen molar-refractivity contribution >= 4 is 21.4 Å². The maximum Gasteiger partial charge on any atom is 0.259 e. The van der Waals surface area contributed by atoms with Crippen LogP contribution in [0.15, 0.2) is 68.7 Å². The molecule has 0 radical (unpaired) electrons. The van der Waals surface area contributed by atoms with Gasteiger partial charge in [0.05, 0.1) is 5.56 Å². The van der Waals surface area contributed by atoms with Crippen LogP contribution in [-0.2, 0) is 23.0 Å². The monoisotopic (exact) mass is 441 g/mol. The van der Waals surface area contributed by atoms with Gasteiger partial charge in [-0.2, -0.15) is 9.29 Å². The summed E-state index contributed by atoms with van der Waals surface area (Å²) in [4.78, 5) is 4.28. The molecule has 30 heavy (non-hydrogen) atoms. The Hall–Kier alpha value is -2.88. The summed E-state index contributed by atoms with van der Waals surface area (Å²) in [5, 5.41) is 5.56. The number of sulfonamides is 1. The van der Waals surface area contributed by atoms with Crippen LogP contribution >= 0.6 is 11.3 Å². The Kier molecular flexibility index (Phi) is 4.73. The summed E-state index contributed by atoms with van der Waals surface area (Å²) in [6.45, 7) is 0.798. The third-order valence-corrected chi connectivity index (χ3v) is 8.28. The Labute approximate surface area is 176 Å². The molecule has 0 fully saturated rings. The van der Waals surface area contributed by atoms with Crippen LogP contribution in [0.3, 0.4) is 0 Å². The van der Waals surface area contributed by atoms with Crippen molar-refractivity contribution in [2.24, 2.45) is 0 Å². The summed E-state index contributed by atoms with van der Waals surface area (Å²) in [5.74, 6) is 0.0366. The Morgan fingerprint density at radius 3 is 2.70 bits per heavy atom. The summed E-state index contributed by atoms with van der Waals surface area (Å²) >= 11 is 1.12. The van der Waals surface area contributed by atoms with Crippen molar-refractivity contribution in [3.05, 3.63) is 76.9 Å². The fourth-order valence-corrected chi connectivity index (χ4v) is 6.18. The quantitative estimate of drug-likeness (QED) is 0.471. The highest BCUT2D eigenvalue weighted by molar-refractivity contribution is 7.91. The molecule has 0 unspecified atom stereocenters. The topological polar surface area (TPSA) is 76.3 Å². The first-order valence-corrected chi connectivity index (χ1v) is 11.6. The van der Waals surface area contributed by atoms with Crippen molar-refractivity contribution < 1.29 is 17.3 Å². The van der Waals surface area contributed by atoms with Crippen LogP contribution in [0.1, 0.15) is 11.1 Å². The van der Waals surface area contributed by atoms with Gasteiger partial charge in [0.25, 0.3) is 15.9 Å². The van der Waals surface area contributed by atoms with Crippen LogP contribution < -0.4 is 0 Å². The lowest BCUT2D eigenvalue weighted by molar-refractivity contribution is 0.392. The predicted octanol–water partition coefficient (Wildman–Crippen LogP) is 4.35. The summed E-state index contributed by atoms with van der Waals surface area (Å²) in [7, 11) is -3.63. The smallest absolute Gasteiger partial charge is 0.259 e. The van der Waals surface area contributed by atoms with Gasteiger partial charge < -0.3 is 4.52 Å². The number of fused-ring (bicyclic) bond motifs is 1. The lowest BCUT2D eigenvalue weighted by Gasteiger charge is -2.27. The molecule has 152 valence electrons. The summed E-state index contributed by atoms with van der Waals surface area (Å²) in [6.07, 6.45) is 0.689. The molecule has 0 atom stereocenters. The SMILES string of the molecule is O=S(=O)(c1cc(-c2nc(-c3cccc(F)c3)no2)cs1)N1CCc2ccccc2C1. The standard InChI is InChI=1S/C21H16FN3O3S2/c22-18-7-3-6-15(10-18)20-23-21(28-24-20)17-11-19(29-13-17)30(26,27)25-9-8-14-4-1-2-5-16(14)12-25/h1-7,10-11,13H,8-9,12H2. The van der Waals surface area contributed by atoms with Crippen LogP contribution in [0, 0.1) is 5.82 Å². The van der Waals surface area contributed by atoms with Crippen LogP contribution in [0.4, 0.5) is 4.39 Å². The van der Waals surface area contributed by atoms with Crippen molar-refractivity contribution in [3.63, 3.8) is 0 Å². The molecule has 2 aromatic carbocycles. The van der Waals surface area contributed by atoms with Gasteiger partial charge in [0, 0.05) is 24.0 Å². The first kappa shape index (κ1) is 19.1. The maximum atomic E-state index is 13.4. The van der Waals surface area contributed by atoms with Crippen molar-refractivity contribution in [2.75, 3.05) is 6.54 Å². The van der Waals surface area contributed by atoms with Gasteiger partial charge in [-0.25, -0.2) is 12.8 Å². The highest BCUT2D eigenvalue weighted by Crippen LogP contribution is 2.32. The predicted molar refractivity (Wildman–Crippen MR) is 111 cm³/mol. The number of halogens is 1. The minimum Gasteiger partial charge on any atom is -0.334 e. The number of hydrogen-bond acceptors (Lipinski definition) is 6. The maximum absolute atomic E-state index is 13.4. The second-order valence-corrected chi connectivity index (χ2v) is 10.0. The molecule has 3 heterocycles. The fraction of sp³-hybridized carbons (Fsp3) is 0.143. The van der Waals surface area contributed by atoms with Crippen molar-refractivity contribution in [1.29, 1.82) is 0 Å². The summed E-state index contributed by atoms with van der Waals surface area (Å²) < 4.78 is 46.7. The minimum atomic E-state index is -3.63. The van der Waals surface area contributed by atoms with E-state index in [9.17, 15) is 12.8 Å². The lowest BCUT2D eigenvalue weighted by Crippen LogP contribution is -2.35. The molecular weight excluding hydrogens is 425 g/mol. The molecule has 9 heteroatoms. The Morgan fingerprint density at radius 2 is 1.87 bits per heavy atom. The molecule has 0 N–H and O–H groups in total. The zero-order chi connectivity index (χ0) is 20.7. The van der Waals surface area contributed by atoms with Gasteiger partial charge in [0.1, 0.15) is 10.0 Å². The van der Waals surface area contributed by atoms with Crippen LogP contribution in [-0.4, -0.2) is 29.4 Å². The second-order valence-electron chi connectivity index (χ2n) is 6.95. The number of thiophene rings is 1. The normalized spacial score (nSPS) is 14.6. The van der Waals surface area contributed by atoms with E-state index in [4.69, 9.17) is 4.52 Å². The third kappa shape index (κ3) is 3.45. The number of hydrogen-bond donors (Lipinski definition) is 0. The van der Waals surface area contributed by atoms with E-state index in [1.165, 1.54) is 22.0 Å². The molecule has 0 saturated heterocycles. The van der Waals surface area contributed by atoms with E-state index >= 15 is 0 Å². The molecule has 0 amide bonds.